The van der Waals surface area contributed by atoms with E-state index in [0.717, 1.165) is 44.9 Å². The highest BCUT2D eigenvalue weighted by Crippen LogP contribution is 2.24. The average Bonchev–Trinajstić information content (AvgIpc) is 2.62. The Hall–Kier alpha value is -1.69. The Morgan fingerprint density at radius 3 is 2.40 bits per heavy atom. The Bertz CT molecular complexity index is 451. The van der Waals surface area contributed by atoms with Gasteiger partial charge < -0.3 is 14.2 Å². The van der Waals surface area contributed by atoms with Crippen molar-refractivity contribution >= 4 is 17.7 Å². The fourth-order valence-electron chi connectivity index (χ4n) is 2.64. The largest absolute Gasteiger partial charge is 0.463 e. The normalized spacial score (nSPS) is 14.8. The highest BCUT2D eigenvalue weighted by atomic mass is 16.6. The van der Waals surface area contributed by atoms with Gasteiger partial charge in [-0.3, -0.25) is 9.59 Å². The lowest BCUT2D eigenvalue weighted by molar-refractivity contribution is -0.149. The summed E-state index contributed by atoms with van der Waals surface area (Å²) in [6, 6.07) is 0. The van der Waals surface area contributed by atoms with Crippen LogP contribution in [0.1, 0.15) is 58.3 Å². The molecule has 1 aliphatic carbocycles. The minimum absolute atomic E-state index is 0.00616. The van der Waals surface area contributed by atoms with E-state index in [9.17, 15) is 14.4 Å². The highest BCUT2D eigenvalue weighted by molar-refractivity contribution is 5.94. The van der Waals surface area contributed by atoms with E-state index in [1.54, 1.807) is 0 Å². The summed E-state index contributed by atoms with van der Waals surface area (Å²) >= 11 is 0. The molecule has 142 valence electrons. The molecule has 0 atom stereocenters. The Balaban J connectivity index is 2.14. The number of carbonyl (C=O) groups is 3. The third-order valence-electron chi connectivity index (χ3n) is 4.19. The van der Waals surface area contributed by atoms with Crippen LogP contribution >= 0.6 is 0 Å². The first-order valence-electron chi connectivity index (χ1n) is 9.15. The van der Waals surface area contributed by atoms with Crippen molar-refractivity contribution in [1.82, 2.24) is 0 Å². The molecule has 6 heteroatoms. The number of unbranched alkanes of at least 4 members (excludes halogenated alkanes) is 1. The third kappa shape index (κ3) is 9.39. The van der Waals surface area contributed by atoms with E-state index in [-0.39, 0.29) is 36.9 Å². The lowest BCUT2D eigenvalue weighted by atomic mass is 9.86. The molecule has 0 saturated heterocycles. The van der Waals surface area contributed by atoms with Gasteiger partial charge in [-0.15, -0.1) is 0 Å². The predicted octanol–water partition coefficient (Wildman–Crippen LogP) is 2.99. The van der Waals surface area contributed by atoms with Crippen LogP contribution in [-0.4, -0.2) is 44.1 Å². The predicted molar refractivity (Wildman–Crippen MR) is 93.0 cm³/mol. The number of carbonyl (C=O) groups excluding carboxylic acids is 3. The lowest BCUT2D eigenvalue weighted by Crippen LogP contribution is -2.24. The topological polar surface area (TPSA) is 78.9 Å². The Morgan fingerprint density at radius 1 is 1.00 bits per heavy atom. The Labute approximate surface area is 149 Å². The molecule has 0 aliphatic heterocycles. The van der Waals surface area contributed by atoms with Gasteiger partial charge in [-0.2, -0.15) is 0 Å². The van der Waals surface area contributed by atoms with E-state index in [1.807, 2.05) is 0 Å². The number of ether oxygens (including phenoxy) is 3. The van der Waals surface area contributed by atoms with Crippen molar-refractivity contribution in [2.24, 2.45) is 5.92 Å². The zero-order chi connectivity index (χ0) is 18.5. The second-order valence-corrected chi connectivity index (χ2v) is 6.34. The summed E-state index contributed by atoms with van der Waals surface area (Å²) in [7, 11) is 0. The molecule has 0 aromatic carbocycles. The molecule has 6 nitrogen and oxygen atoms in total. The molecule has 0 aromatic heterocycles. The molecule has 0 heterocycles. The fraction of sp³-hybridized carbons (Fsp3) is 0.737. The van der Waals surface area contributed by atoms with Crippen molar-refractivity contribution in [3.8, 4) is 0 Å². The van der Waals surface area contributed by atoms with Crippen LogP contribution in [0.15, 0.2) is 12.2 Å². The molecule has 0 aromatic rings. The standard InChI is InChI=1S/C19H30O6/c1-3-4-10-23-11-12-24-18(21)13-15(2)19(22)25-14-17(20)16-8-6-5-7-9-16/h16H,2-14H2,1H3. The number of rotatable bonds is 12. The van der Waals surface area contributed by atoms with Gasteiger partial charge in [0.15, 0.2) is 12.4 Å². The number of Topliss-reactive ketones (excluding diaryl/α,β-unsaturated/α-hetero) is 1. The van der Waals surface area contributed by atoms with Crippen LogP contribution in [0, 0.1) is 5.92 Å². The molecule has 1 fully saturated rings. The highest BCUT2D eigenvalue weighted by Gasteiger charge is 2.23. The third-order valence-corrected chi connectivity index (χ3v) is 4.19. The van der Waals surface area contributed by atoms with Gasteiger partial charge in [-0.05, 0) is 19.3 Å². The molecule has 0 radical (unpaired) electrons. The summed E-state index contributed by atoms with van der Waals surface area (Å²) in [5.74, 6) is -1.33. The van der Waals surface area contributed by atoms with Gasteiger partial charge in [-0.25, -0.2) is 4.79 Å². The molecule has 0 N–H and O–H groups in total. The van der Waals surface area contributed by atoms with Gasteiger partial charge in [0, 0.05) is 18.1 Å². The Morgan fingerprint density at radius 2 is 1.72 bits per heavy atom. The van der Waals surface area contributed by atoms with E-state index < -0.39 is 11.9 Å². The van der Waals surface area contributed by atoms with Crippen molar-refractivity contribution in [2.75, 3.05) is 26.4 Å². The average molecular weight is 354 g/mol. The second kappa shape index (κ2) is 12.6. The molecule has 0 spiro atoms. The van der Waals surface area contributed by atoms with Crippen LogP contribution in [-0.2, 0) is 28.6 Å². The number of hydrogen-bond donors (Lipinski definition) is 0. The molecular formula is C19H30O6. The Kier molecular flexibility index (Phi) is 10.8. The van der Waals surface area contributed by atoms with Crippen LogP contribution in [0.3, 0.4) is 0 Å². The minimum atomic E-state index is -0.722. The first-order valence-corrected chi connectivity index (χ1v) is 9.15. The summed E-state index contributed by atoms with van der Waals surface area (Å²) in [6.45, 7) is 6.47. The van der Waals surface area contributed by atoms with Crippen LogP contribution < -0.4 is 0 Å². The first-order chi connectivity index (χ1) is 12.0. The van der Waals surface area contributed by atoms with E-state index in [0.29, 0.717) is 13.2 Å². The smallest absolute Gasteiger partial charge is 0.334 e. The summed E-state index contributed by atoms with van der Waals surface area (Å²) in [5, 5.41) is 0. The van der Waals surface area contributed by atoms with Crippen molar-refractivity contribution in [1.29, 1.82) is 0 Å². The zero-order valence-corrected chi connectivity index (χ0v) is 15.2. The van der Waals surface area contributed by atoms with Gasteiger partial charge in [0.2, 0.25) is 0 Å². The number of hydrogen-bond acceptors (Lipinski definition) is 6. The minimum Gasteiger partial charge on any atom is -0.463 e. The number of esters is 2. The van der Waals surface area contributed by atoms with Gasteiger partial charge in [0.1, 0.15) is 6.61 Å². The molecule has 0 amide bonds. The van der Waals surface area contributed by atoms with E-state index >= 15 is 0 Å². The zero-order valence-electron chi connectivity index (χ0n) is 15.2. The lowest BCUT2D eigenvalue weighted by Gasteiger charge is -2.20. The quantitative estimate of drug-likeness (QED) is 0.304. The molecule has 1 saturated carbocycles. The molecule has 25 heavy (non-hydrogen) atoms. The van der Waals surface area contributed by atoms with Crippen molar-refractivity contribution < 1.29 is 28.6 Å². The van der Waals surface area contributed by atoms with Crippen LogP contribution in [0.4, 0.5) is 0 Å². The van der Waals surface area contributed by atoms with Gasteiger partial charge >= 0.3 is 11.9 Å². The molecular weight excluding hydrogens is 324 g/mol. The van der Waals surface area contributed by atoms with E-state index in [4.69, 9.17) is 14.2 Å². The number of ketones is 1. The summed E-state index contributed by atoms with van der Waals surface area (Å²) < 4.78 is 15.2. The van der Waals surface area contributed by atoms with Crippen LogP contribution in [0.2, 0.25) is 0 Å². The first kappa shape index (κ1) is 21.4. The monoisotopic (exact) mass is 354 g/mol. The van der Waals surface area contributed by atoms with E-state index in [2.05, 4.69) is 13.5 Å². The van der Waals surface area contributed by atoms with Crippen LogP contribution in [0.5, 0.6) is 0 Å². The maximum Gasteiger partial charge on any atom is 0.334 e. The molecule has 1 rings (SSSR count). The summed E-state index contributed by atoms with van der Waals surface area (Å²) in [6.07, 6.45) is 6.75. The molecule has 0 bridgehead atoms. The van der Waals surface area contributed by atoms with Crippen molar-refractivity contribution in [2.45, 2.75) is 58.3 Å². The second-order valence-electron chi connectivity index (χ2n) is 6.34. The maximum absolute atomic E-state index is 12.0. The van der Waals surface area contributed by atoms with Crippen LogP contribution in [0.25, 0.3) is 0 Å². The van der Waals surface area contributed by atoms with Crippen molar-refractivity contribution in [3.63, 3.8) is 0 Å². The van der Waals surface area contributed by atoms with Gasteiger partial charge in [-0.1, -0.05) is 39.2 Å². The molecule has 1 aliphatic rings. The maximum atomic E-state index is 12.0. The van der Waals surface area contributed by atoms with Gasteiger partial charge in [0.05, 0.1) is 13.0 Å². The summed E-state index contributed by atoms with van der Waals surface area (Å²) in [4.78, 5) is 35.4. The van der Waals surface area contributed by atoms with E-state index in [1.165, 1.54) is 0 Å². The SMILES string of the molecule is C=C(CC(=O)OCCOCCCC)C(=O)OCC(=O)C1CCCCC1. The fourth-order valence-corrected chi connectivity index (χ4v) is 2.64. The van der Waals surface area contributed by atoms with Crippen molar-refractivity contribution in [3.05, 3.63) is 12.2 Å². The summed E-state index contributed by atoms with van der Waals surface area (Å²) in [5.41, 5.74) is -0.00616. The molecule has 0 unspecified atom stereocenters. The van der Waals surface area contributed by atoms with Gasteiger partial charge in [0.25, 0.3) is 0 Å².